The van der Waals surface area contributed by atoms with Crippen LogP contribution in [0.4, 0.5) is 4.39 Å². The Morgan fingerprint density at radius 2 is 1.93 bits per heavy atom. The maximum absolute atomic E-state index is 13.3. The summed E-state index contributed by atoms with van der Waals surface area (Å²) in [6.45, 7) is 0.474. The summed E-state index contributed by atoms with van der Waals surface area (Å²) in [6.07, 6.45) is 6.73. The number of nitrogens with zero attached hydrogens (tertiary/aromatic N) is 3. The molecule has 1 fully saturated rings. The summed E-state index contributed by atoms with van der Waals surface area (Å²) >= 11 is 0. The van der Waals surface area contributed by atoms with Crippen molar-refractivity contribution < 1.29 is 23.9 Å². The average Bonchev–Trinajstić information content (AvgIpc) is 2.77. The molecule has 2 aliphatic rings. The van der Waals surface area contributed by atoms with E-state index in [0.29, 0.717) is 35.7 Å². The van der Waals surface area contributed by atoms with Crippen molar-refractivity contribution in [3.63, 3.8) is 0 Å². The molecule has 0 spiro atoms. The zero-order valence-corrected chi connectivity index (χ0v) is 16.7. The number of hydrogen-bond acceptors (Lipinski definition) is 7. The monoisotopic (exact) mass is 411 g/mol. The standard InChI is InChI=1S/C22H22FN3O4/c1-29-16-10-15(11-17(12-16)30-2)21-22(27)18-5-3-4-8-25(18)20(26(21)28)9-14-6-7-19(23)24-13-14/h3-7,10-13,20-21,28H,8-9H2,1-2H3. The number of hydrogen-bond donors (Lipinski definition) is 1. The molecule has 156 valence electrons. The maximum Gasteiger partial charge on any atom is 0.212 e. The third-order valence-electron chi connectivity index (χ3n) is 5.33. The predicted molar refractivity (Wildman–Crippen MR) is 107 cm³/mol. The van der Waals surface area contributed by atoms with E-state index in [9.17, 15) is 14.4 Å². The van der Waals surface area contributed by atoms with Gasteiger partial charge in [0.1, 0.15) is 23.7 Å². The molecule has 2 aromatic rings. The van der Waals surface area contributed by atoms with Crippen LogP contribution in [0.2, 0.25) is 0 Å². The van der Waals surface area contributed by atoms with Crippen LogP contribution in [-0.4, -0.2) is 52.9 Å². The van der Waals surface area contributed by atoms with Crippen molar-refractivity contribution in [2.24, 2.45) is 0 Å². The first-order valence-corrected chi connectivity index (χ1v) is 9.50. The third-order valence-corrected chi connectivity index (χ3v) is 5.33. The Labute approximate surface area is 173 Å². The smallest absolute Gasteiger partial charge is 0.212 e. The number of rotatable bonds is 5. The molecular weight excluding hydrogens is 389 g/mol. The van der Waals surface area contributed by atoms with Gasteiger partial charge in [0.05, 0.1) is 19.9 Å². The molecule has 0 bridgehead atoms. The van der Waals surface area contributed by atoms with Gasteiger partial charge in [-0.05, 0) is 35.4 Å². The number of benzene rings is 1. The van der Waals surface area contributed by atoms with Gasteiger partial charge in [-0.25, -0.2) is 4.98 Å². The minimum atomic E-state index is -0.943. The van der Waals surface area contributed by atoms with Crippen LogP contribution in [0.3, 0.4) is 0 Å². The maximum atomic E-state index is 13.3. The van der Waals surface area contributed by atoms with Gasteiger partial charge in [0.25, 0.3) is 0 Å². The average molecular weight is 411 g/mol. The summed E-state index contributed by atoms with van der Waals surface area (Å²) in [5.41, 5.74) is 1.80. The fourth-order valence-electron chi connectivity index (χ4n) is 3.84. The number of allylic oxidation sites excluding steroid dienone is 2. The van der Waals surface area contributed by atoms with E-state index < -0.39 is 18.2 Å². The molecule has 30 heavy (non-hydrogen) atoms. The number of methoxy groups -OCH3 is 2. The molecular formula is C22H22FN3O4. The highest BCUT2D eigenvalue weighted by atomic mass is 19.1. The van der Waals surface area contributed by atoms with Crippen molar-refractivity contribution in [1.29, 1.82) is 0 Å². The normalized spacial score (nSPS) is 21.3. The Balaban J connectivity index is 1.75. The number of carbonyl (C=O) groups is 1. The lowest BCUT2D eigenvalue weighted by Gasteiger charge is -2.47. The van der Waals surface area contributed by atoms with Crippen LogP contribution in [0.1, 0.15) is 17.2 Å². The van der Waals surface area contributed by atoms with Gasteiger partial charge in [0, 0.05) is 25.2 Å². The third kappa shape index (κ3) is 3.67. The minimum Gasteiger partial charge on any atom is -0.497 e. The molecule has 0 saturated carbocycles. The van der Waals surface area contributed by atoms with Gasteiger partial charge in [0.2, 0.25) is 11.7 Å². The van der Waals surface area contributed by atoms with E-state index in [1.54, 1.807) is 30.3 Å². The van der Waals surface area contributed by atoms with Crippen molar-refractivity contribution in [3.8, 4) is 11.5 Å². The second-order valence-corrected chi connectivity index (χ2v) is 7.10. The second-order valence-electron chi connectivity index (χ2n) is 7.10. The molecule has 2 unspecified atom stereocenters. The molecule has 2 atom stereocenters. The van der Waals surface area contributed by atoms with E-state index in [0.717, 1.165) is 10.6 Å². The Morgan fingerprint density at radius 3 is 2.57 bits per heavy atom. The van der Waals surface area contributed by atoms with Crippen molar-refractivity contribution in [2.45, 2.75) is 18.6 Å². The molecule has 1 saturated heterocycles. The molecule has 3 heterocycles. The van der Waals surface area contributed by atoms with Crippen molar-refractivity contribution >= 4 is 5.78 Å². The van der Waals surface area contributed by atoms with E-state index >= 15 is 0 Å². The fourth-order valence-corrected chi connectivity index (χ4v) is 3.84. The van der Waals surface area contributed by atoms with Gasteiger partial charge < -0.3 is 19.6 Å². The molecule has 2 aliphatic heterocycles. The lowest BCUT2D eigenvalue weighted by molar-refractivity contribution is -0.209. The highest BCUT2D eigenvalue weighted by Crippen LogP contribution is 2.38. The van der Waals surface area contributed by atoms with Gasteiger partial charge in [0.15, 0.2) is 0 Å². The van der Waals surface area contributed by atoms with E-state index in [4.69, 9.17) is 9.47 Å². The van der Waals surface area contributed by atoms with Crippen LogP contribution in [-0.2, 0) is 11.2 Å². The van der Waals surface area contributed by atoms with Crippen molar-refractivity contribution in [1.82, 2.24) is 14.9 Å². The first kappa shape index (κ1) is 20.1. The number of halogens is 1. The number of hydroxylamine groups is 2. The van der Waals surface area contributed by atoms with Crippen LogP contribution >= 0.6 is 0 Å². The highest BCUT2D eigenvalue weighted by molar-refractivity contribution is 6.00. The number of pyridine rings is 1. The number of fused-ring (bicyclic) bond motifs is 1. The first-order chi connectivity index (χ1) is 14.5. The second kappa shape index (κ2) is 8.25. The Kier molecular flexibility index (Phi) is 5.52. The topological polar surface area (TPSA) is 75.1 Å². The molecule has 0 radical (unpaired) electrons. The number of ketones is 1. The summed E-state index contributed by atoms with van der Waals surface area (Å²) in [4.78, 5) is 18.9. The van der Waals surface area contributed by atoms with Crippen molar-refractivity contribution in [3.05, 3.63) is 77.5 Å². The Morgan fingerprint density at radius 1 is 1.20 bits per heavy atom. The lowest BCUT2D eigenvalue weighted by Crippen LogP contribution is -2.57. The van der Waals surface area contributed by atoms with Crippen LogP contribution in [0.5, 0.6) is 11.5 Å². The first-order valence-electron chi connectivity index (χ1n) is 9.50. The van der Waals surface area contributed by atoms with E-state index in [2.05, 4.69) is 4.98 Å². The number of aromatic nitrogens is 1. The quantitative estimate of drug-likeness (QED) is 0.759. The predicted octanol–water partition coefficient (Wildman–Crippen LogP) is 2.88. The SMILES string of the molecule is COc1cc(OC)cc(C2C(=O)C3=CC=CCN3C(Cc3ccc(F)nc3)N2O)c1. The molecule has 1 aromatic carbocycles. The summed E-state index contributed by atoms with van der Waals surface area (Å²) in [5.74, 6) is 0.237. The lowest BCUT2D eigenvalue weighted by atomic mass is 9.93. The minimum absolute atomic E-state index is 0.231. The van der Waals surface area contributed by atoms with Gasteiger partial charge in [-0.2, -0.15) is 9.45 Å². The number of Topliss-reactive ketones (excluding diaryl/α,β-unsaturated/α-hetero) is 1. The summed E-state index contributed by atoms with van der Waals surface area (Å²) in [7, 11) is 3.05. The summed E-state index contributed by atoms with van der Waals surface area (Å²) in [5, 5.41) is 12.2. The number of ether oxygens (including phenoxy) is 2. The number of carbonyl (C=O) groups excluding carboxylic acids is 1. The summed E-state index contributed by atoms with van der Waals surface area (Å²) in [6, 6.07) is 7.08. The van der Waals surface area contributed by atoms with E-state index in [1.165, 1.54) is 26.5 Å². The fraction of sp³-hybridized carbons (Fsp3) is 0.273. The zero-order valence-electron chi connectivity index (χ0n) is 16.7. The van der Waals surface area contributed by atoms with Crippen molar-refractivity contribution in [2.75, 3.05) is 20.8 Å². The zero-order chi connectivity index (χ0) is 21.3. The summed E-state index contributed by atoms with van der Waals surface area (Å²) < 4.78 is 23.9. The molecule has 1 N–H and O–H groups in total. The Bertz CT molecular complexity index is 984. The molecule has 4 rings (SSSR count). The van der Waals surface area contributed by atoms with Crippen LogP contribution in [0.15, 0.2) is 60.5 Å². The van der Waals surface area contributed by atoms with Gasteiger partial charge in [-0.1, -0.05) is 18.2 Å². The molecule has 0 aliphatic carbocycles. The highest BCUT2D eigenvalue weighted by Gasteiger charge is 2.44. The van der Waals surface area contributed by atoms with Crippen LogP contribution in [0.25, 0.3) is 0 Å². The van der Waals surface area contributed by atoms with Crippen LogP contribution in [0, 0.1) is 5.95 Å². The van der Waals surface area contributed by atoms with E-state index in [-0.39, 0.29) is 5.78 Å². The van der Waals surface area contributed by atoms with Gasteiger partial charge in [-0.3, -0.25) is 4.79 Å². The Hall–Kier alpha value is -3.23. The van der Waals surface area contributed by atoms with Gasteiger partial charge >= 0.3 is 0 Å². The largest absolute Gasteiger partial charge is 0.497 e. The van der Waals surface area contributed by atoms with Gasteiger partial charge in [-0.15, -0.1) is 0 Å². The molecule has 8 heteroatoms. The molecule has 7 nitrogen and oxygen atoms in total. The van der Waals surface area contributed by atoms with Crippen LogP contribution < -0.4 is 9.47 Å². The molecule has 1 aromatic heterocycles. The molecule has 0 amide bonds. The van der Waals surface area contributed by atoms with E-state index in [1.807, 2.05) is 17.1 Å².